The summed E-state index contributed by atoms with van der Waals surface area (Å²) < 4.78 is 14.4. The summed E-state index contributed by atoms with van der Waals surface area (Å²) in [5.41, 5.74) is 2.76. The second-order valence-corrected chi connectivity index (χ2v) is 7.67. The number of nitrogens with zero attached hydrogens (tertiary/aromatic N) is 5. The van der Waals surface area contributed by atoms with Gasteiger partial charge in [-0.3, -0.25) is 10.1 Å². The zero-order valence-electron chi connectivity index (χ0n) is 15.9. The number of pyridine rings is 1. The van der Waals surface area contributed by atoms with Crippen LogP contribution >= 0.6 is 11.3 Å². The number of aromatic nitrogens is 3. The van der Waals surface area contributed by atoms with Crippen LogP contribution in [0.25, 0.3) is 0 Å². The van der Waals surface area contributed by atoms with Crippen molar-refractivity contribution in [2.75, 3.05) is 28.6 Å². The lowest BCUT2D eigenvalue weighted by Crippen LogP contribution is -2.42. The summed E-state index contributed by atoms with van der Waals surface area (Å²) in [5, 5.41) is 22.8. The minimum Gasteiger partial charge on any atom is -0.367 e. The molecular formula is C20H18FN7OS. The van der Waals surface area contributed by atoms with Crippen molar-refractivity contribution in [3.05, 3.63) is 59.0 Å². The molecule has 1 aliphatic heterocycles. The molecule has 8 nitrogen and oxygen atoms in total. The predicted octanol–water partition coefficient (Wildman–Crippen LogP) is 3.28. The van der Waals surface area contributed by atoms with E-state index in [0.717, 1.165) is 19.4 Å². The third-order valence-electron chi connectivity index (χ3n) is 4.80. The van der Waals surface area contributed by atoms with E-state index in [4.69, 9.17) is 5.26 Å². The Balaban J connectivity index is 1.38. The topological polar surface area (TPSA) is 107 Å². The Morgan fingerprint density at radius 2 is 2.23 bits per heavy atom. The van der Waals surface area contributed by atoms with Gasteiger partial charge in [-0.2, -0.15) is 5.26 Å². The molecule has 0 spiro atoms. The van der Waals surface area contributed by atoms with E-state index in [-0.39, 0.29) is 11.9 Å². The molecule has 1 aliphatic rings. The summed E-state index contributed by atoms with van der Waals surface area (Å²) >= 11 is 1.24. The number of benzene rings is 1. The Hall–Kier alpha value is -3.58. The number of rotatable bonds is 5. The highest BCUT2D eigenvalue weighted by atomic mass is 32.1. The lowest BCUT2D eigenvalue weighted by Gasteiger charge is -2.35. The first-order valence-electron chi connectivity index (χ1n) is 9.37. The van der Waals surface area contributed by atoms with E-state index in [0.29, 0.717) is 34.3 Å². The van der Waals surface area contributed by atoms with Crippen molar-refractivity contribution in [2.45, 2.75) is 18.9 Å². The predicted molar refractivity (Wildman–Crippen MR) is 112 cm³/mol. The molecule has 1 aromatic carbocycles. The SMILES string of the molecule is N#Cc1ccc(N2CCCC(Nc3ccc(C(=O)Nc4nncs4)cn3)C2)c(F)c1. The molecule has 0 radical (unpaired) electrons. The number of nitriles is 1. The fraction of sp³-hybridized carbons (Fsp3) is 0.250. The average molecular weight is 423 g/mol. The standard InChI is InChI=1S/C20H18FN7OS/c21-16-8-13(9-22)3-5-17(16)28-7-1-2-15(11-28)25-18-6-4-14(10-23-18)19(29)26-20-27-24-12-30-20/h3-6,8,10,12,15H,1-2,7,11H2,(H,23,25)(H,26,27,29). The van der Waals surface area contributed by atoms with Crippen LogP contribution in [0.1, 0.15) is 28.8 Å². The maximum Gasteiger partial charge on any atom is 0.259 e. The van der Waals surface area contributed by atoms with Crippen LogP contribution in [0.4, 0.5) is 21.0 Å². The Kier molecular flexibility index (Phi) is 5.81. The fourth-order valence-corrected chi connectivity index (χ4v) is 3.81. The van der Waals surface area contributed by atoms with Crippen molar-refractivity contribution < 1.29 is 9.18 Å². The van der Waals surface area contributed by atoms with Crippen LogP contribution < -0.4 is 15.5 Å². The fourth-order valence-electron chi connectivity index (χ4n) is 3.37. The summed E-state index contributed by atoms with van der Waals surface area (Å²) in [7, 11) is 0. The van der Waals surface area contributed by atoms with Gasteiger partial charge >= 0.3 is 0 Å². The average Bonchev–Trinajstić information content (AvgIpc) is 3.27. The number of halogens is 1. The molecule has 1 amide bonds. The van der Waals surface area contributed by atoms with E-state index in [9.17, 15) is 9.18 Å². The molecule has 1 saturated heterocycles. The molecule has 30 heavy (non-hydrogen) atoms. The highest BCUT2D eigenvalue weighted by Gasteiger charge is 2.22. The second kappa shape index (κ2) is 8.84. The number of anilines is 3. The van der Waals surface area contributed by atoms with E-state index < -0.39 is 5.82 Å². The van der Waals surface area contributed by atoms with Crippen LogP contribution in [0.3, 0.4) is 0 Å². The van der Waals surface area contributed by atoms with Gasteiger partial charge in [-0.15, -0.1) is 10.2 Å². The van der Waals surface area contributed by atoms with Gasteiger partial charge in [0.2, 0.25) is 5.13 Å². The molecule has 152 valence electrons. The van der Waals surface area contributed by atoms with Crippen molar-refractivity contribution in [2.24, 2.45) is 0 Å². The van der Waals surface area contributed by atoms with Crippen LogP contribution in [0.15, 0.2) is 42.0 Å². The summed E-state index contributed by atoms with van der Waals surface area (Å²) in [6.45, 7) is 1.36. The van der Waals surface area contributed by atoms with Crippen molar-refractivity contribution in [1.82, 2.24) is 15.2 Å². The van der Waals surface area contributed by atoms with Gasteiger partial charge in [-0.1, -0.05) is 11.3 Å². The Morgan fingerprint density at radius 3 is 2.93 bits per heavy atom. The molecule has 2 N–H and O–H groups in total. The number of amides is 1. The maximum absolute atomic E-state index is 14.4. The van der Waals surface area contributed by atoms with Gasteiger partial charge in [0.1, 0.15) is 17.1 Å². The van der Waals surface area contributed by atoms with E-state index in [1.165, 1.54) is 29.1 Å². The van der Waals surface area contributed by atoms with Crippen LogP contribution in [0.5, 0.6) is 0 Å². The van der Waals surface area contributed by atoms with Crippen molar-refractivity contribution >= 4 is 33.9 Å². The normalized spacial score (nSPS) is 16.0. The third-order valence-corrected chi connectivity index (χ3v) is 5.40. The summed E-state index contributed by atoms with van der Waals surface area (Å²) in [5.74, 6) is -0.0424. The van der Waals surface area contributed by atoms with E-state index in [2.05, 4.69) is 25.8 Å². The van der Waals surface area contributed by atoms with Crippen molar-refractivity contribution in [3.63, 3.8) is 0 Å². The Labute approximate surface area is 176 Å². The van der Waals surface area contributed by atoms with Gasteiger partial charge in [-0.05, 0) is 43.2 Å². The van der Waals surface area contributed by atoms with Crippen LogP contribution in [-0.4, -0.2) is 40.2 Å². The highest BCUT2D eigenvalue weighted by molar-refractivity contribution is 7.13. The van der Waals surface area contributed by atoms with Gasteiger partial charge < -0.3 is 10.2 Å². The van der Waals surface area contributed by atoms with Crippen molar-refractivity contribution in [1.29, 1.82) is 5.26 Å². The Morgan fingerprint density at radius 1 is 1.33 bits per heavy atom. The number of carbonyl (C=O) groups excluding carboxylic acids is 1. The number of hydrogen-bond acceptors (Lipinski definition) is 8. The van der Waals surface area contributed by atoms with Crippen LogP contribution in [0.2, 0.25) is 0 Å². The molecule has 0 bridgehead atoms. The van der Waals surface area contributed by atoms with Gasteiger partial charge in [0, 0.05) is 25.3 Å². The first kappa shape index (κ1) is 19.7. The molecule has 1 unspecified atom stereocenters. The van der Waals surface area contributed by atoms with Gasteiger partial charge in [0.05, 0.1) is 22.9 Å². The molecule has 0 aliphatic carbocycles. The molecule has 2 aromatic heterocycles. The Bertz CT molecular complexity index is 1070. The van der Waals surface area contributed by atoms with Gasteiger partial charge in [0.15, 0.2) is 0 Å². The molecule has 1 atom stereocenters. The number of nitrogens with one attached hydrogen (secondary N) is 2. The highest BCUT2D eigenvalue weighted by Crippen LogP contribution is 2.25. The minimum atomic E-state index is -0.390. The lowest BCUT2D eigenvalue weighted by molar-refractivity contribution is 0.102. The van der Waals surface area contributed by atoms with Gasteiger partial charge in [0.25, 0.3) is 5.91 Å². The molecule has 3 heterocycles. The first-order chi connectivity index (χ1) is 14.6. The van der Waals surface area contributed by atoms with Crippen molar-refractivity contribution in [3.8, 4) is 6.07 Å². The number of hydrogen-bond donors (Lipinski definition) is 2. The summed E-state index contributed by atoms with van der Waals surface area (Å²) in [4.78, 5) is 18.5. The molecule has 3 aromatic rings. The number of carbonyl (C=O) groups is 1. The van der Waals surface area contributed by atoms with Crippen LogP contribution in [-0.2, 0) is 0 Å². The first-order valence-corrected chi connectivity index (χ1v) is 10.2. The van der Waals surface area contributed by atoms with Crippen LogP contribution in [0, 0.1) is 17.1 Å². The largest absolute Gasteiger partial charge is 0.367 e. The van der Waals surface area contributed by atoms with Gasteiger partial charge in [-0.25, -0.2) is 9.37 Å². The summed E-state index contributed by atoms with van der Waals surface area (Å²) in [6, 6.07) is 10.0. The molecule has 10 heteroatoms. The quantitative estimate of drug-likeness (QED) is 0.648. The zero-order valence-corrected chi connectivity index (χ0v) is 16.7. The van der Waals surface area contributed by atoms with E-state index in [1.807, 2.05) is 11.0 Å². The smallest absolute Gasteiger partial charge is 0.259 e. The molecule has 0 saturated carbocycles. The molecule has 1 fully saturated rings. The van der Waals surface area contributed by atoms with E-state index >= 15 is 0 Å². The number of piperidine rings is 1. The summed E-state index contributed by atoms with van der Waals surface area (Å²) in [6.07, 6.45) is 3.33. The third kappa shape index (κ3) is 4.52. The zero-order chi connectivity index (χ0) is 20.9. The maximum atomic E-state index is 14.4. The second-order valence-electron chi connectivity index (χ2n) is 6.84. The van der Waals surface area contributed by atoms with E-state index in [1.54, 1.807) is 24.3 Å². The minimum absolute atomic E-state index is 0.0855. The molecular weight excluding hydrogens is 405 g/mol. The molecule has 4 rings (SSSR count). The lowest BCUT2D eigenvalue weighted by atomic mass is 10.0. The monoisotopic (exact) mass is 423 g/mol.